The zero-order valence-electron chi connectivity index (χ0n) is 13.4. The summed E-state index contributed by atoms with van der Waals surface area (Å²) in [7, 11) is 0. The van der Waals surface area contributed by atoms with Crippen molar-refractivity contribution in [3.05, 3.63) is 82.5 Å². The summed E-state index contributed by atoms with van der Waals surface area (Å²) < 4.78 is 6.48. The molecule has 1 aromatic heterocycles. The zero-order valence-corrected chi connectivity index (χ0v) is 15.0. The molecule has 5 nitrogen and oxygen atoms in total. The third kappa shape index (κ3) is 5.93. The van der Waals surface area contributed by atoms with Gasteiger partial charge in [0.15, 0.2) is 6.29 Å². The van der Waals surface area contributed by atoms with Crippen molar-refractivity contribution >= 4 is 33.7 Å². The van der Waals surface area contributed by atoms with Gasteiger partial charge in [-0.1, -0.05) is 46.3 Å². The number of nitrogens with two attached hydrogens (primary N) is 2. The molecule has 0 amide bonds. The molecule has 0 bridgehead atoms. The average Bonchev–Trinajstić information content (AvgIpc) is 2.64. The number of ether oxygens (including phenoxy) is 1. The molecule has 2 aromatic carbocycles. The molecular formula is C19H18BrN3O2. The number of aldehydes is 1. The van der Waals surface area contributed by atoms with Crippen LogP contribution in [0.25, 0.3) is 0 Å². The van der Waals surface area contributed by atoms with E-state index in [9.17, 15) is 4.79 Å². The van der Waals surface area contributed by atoms with Gasteiger partial charge in [-0.3, -0.25) is 4.79 Å². The Balaban J connectivity index is 0.000000236. The van der Waals surface area contributed by atoms with Crippen molar-refractivity contribution in [2.24, 2.45) is 0 Å². The van der Waals surface area contributed by atoms with E-state index in [4.69, 9.17) is 16.2 Å². The molecule has 0 fully saturated rings. The van der Waals surface area contributed by atoms with Crippen LogP contribution in [0.3, 0.4) is 0 Å². The summed E-state index contributed by atoms with van der Waals surface area (Å²) in [5.41, 5.74) is 12.8. The third-order valence-corrected chi connectivity index (χ3v) is 3.70. The van der Waals surface area contributed by atoms with Crippen molar-refractivity contribution in [2.45, 2.75) is 6.61 Å². The van der Waals surface area contributed by atoms with E-state index in [0.29, 0.717) is 29.4 Å². The summed E-state index contributed by atoms with van der Waals surface area (Å²) in [5.74, 6) is 1.000. The molecule has 0 atom stereocenters. The van der Waals surface area contributed by atoms with Crippen LogP contribution in [-0.2, 0) is 6.61 Å². The van der Waals surface area contributed by atoms with Crippen LogP contribution in [0.15, 0.2) is 71.3 Å². The molecule has 0 aliphatic heterocycles. The minimum atomic E-state index is 0.396. The monoisotopic (exact) mass is 399 g/mol. The maximum atomic E-state index is 10.9. The number of carbonyl (C=O) groups is 1. The van der Waals surface area contributed by atoms with Crippen LogP contribution in [-0.4, -0.2) is 11.3 Å². The Morgan fingerprint density at radius 2 is 1.80 bits per heavy atom. The quantitative estimate of drug-likeness (QED) is 0.644. The average molecular weight is 400 g/mol. The second-order valence-electron chi connectivity index (χ2n) is 5.05. The van der Waals surface area contributed by atoms with Gasteiger partial charge < -0.3 is 16.2 Å². The number of anilines is 2. The summed E-state index contributed by atoms with van der Waals surface area (Å²) in [4.78, 5) is 14.6. The van der Waals surface area contributed by atoms with E-state index >= 15 is 0 Å². The van der Waals surface area contributed by atoms with Gasteiger partial charge in [0.25, 0.3) is 0 Å². The number of pyridine rings is 1. The molecule has 0 spiro atoms. The first-order chi connectivity index (χ1) is 12.1. The molecule has 4 N–H and O–H groups in total. The van der Waals surface area contributed by atoms with Crippen molar-refractivity contribution in [1.82, 2.24) is 4.98 Å². The van der Waals surface area contributed by atoms with E-state index in [2.05, 4.69) is 20.9 Å². The summed E-state index contributed by atoms with van der Waals surface area (Å²) in [6.45, 7) is 0.462. The minimum absolute atomic E-state index is 0.396. The largest absolute Gasteiger partial charge is 0.488 e. The lowest BCUT2D eigenvalue weighted by atomic mass is 10.2. The van der Waals surface area contributed by atoms with E-state index in [-0.39, 0.29) is 0 Å². The fourth-order valence-electron chi connectivity index (χ4n) is 1.91. The first-order valence-electron chi connectivity index (χ1n) is 7.47. The first kappa shape index (κ1) is 18.5. The molecule has 0 aliphatic carbocycles. The number of benzene rings is 2. The highest BCUT2D eigenvalue weighted by molar-refractivity contribution is 9.10. The van der Waals surface area contributed by atoms with Gasteiger partial charge >= 0.3 is 0 Å². The SMILES string of the molecule is Nc1cccnc1N.O=Cc1cc(Br)ccc1OCc1ccccc1. The molecule has 0 saturated heterocycles. The fourth-order valence-corrected chi connectivity index (χ4v) is 2.29. The Bertz CT molecular complexity index is 805. The Kier molecular flexibility index (Phi) is 6.98. The van der Waals surface area contributed by atoms with Gasteiger partial charge in [0, 0.05) is 10.7 Å². The van der Waals surface area contributed by atoms with Crippen molar-refractivity contribution in [1.29, 1.82) is 0 Å². The van der Waals surface area contributed by atoms with Crippen LogP contribution in [0.5, 0.6) is 5.75 Å². The lowest BCUT2D eigenvalue weighted by Crippen LogP contribution is -1.97. The molecule has 1 heterocycles. The van der Waals surface area contributed by atoms with Crippen molar-refractivity contribution < 1.29 is 9.53 Å². The van der Waals surface area contributed by atoms with E-state index in [1.807, 2.05) is 36.4 Å². The second kappa shape index (κ2) is 9.44. The van der Waals surface area contributed by atoms with E-state index in [1.54, 1.807) is 30.5 Å². The number of aromatic nitrogens is 1. The van der Waals surface area contributed by atoms with Crippen LogP contribution in [0, 0.1) is 0 Å². The van der Waals surface area contributed by atoms with Gasteiger partial charge in [0.05, 0.1) is 11.3 Å². The molecule has 3 aromatic rings. The van der Waals surface area contributed by atoms with Gasteiger partial charge in [-0.15, -0.1) is 0 Å². The maximum absolute atomic E-state index is 10.9. The van der Waals surface area contributed by atoms with Crippen LogP contribution in [0.1, 0.15) is 15.9 Å². The number of halogens is 1. The molecular weight excluding hydrogens is 382 g/mol. The predicted molar refractivity (Wildman–Crippen MR) is 103 cm³/mol. The van der Waals surface area contributed by atoms with Crippen LogP contribution in [0.4, 0.5) is 11.5 Å². The molecule has 3 rings (SSSR count). The molecule has 0 unspecified atom stereocenters. The van der Waals surface area contributed by atoms with Gasteiger partial charge in [0.1, 0.15) is 18.2 Å². The van der Waals surface area contributed by atoms with Crippen LogP contribution >= 0.6 is 15.9 Å². The minimum Gasteiger partial charge on any atom is -0.488 e. The van der Waals surface area contributed by atoms with Gasteiger partial charge in [0.2, 0.25) is 0 Å². The molecule has 25 heavy (non-hydrogen) atoms. The van der Waals surface area contributed by atoms with E-state index in [0.717, 1.165) is 16.3 Å². The number of nitrogens with zero attached hydrogens (tertiary/aromatic N) is 1. The summed E-state index contributed by atoms with van der Waals surface area (Å²) in [5, 5.41) is 0. The lowest BCUT2D eigenvalue weighted by Gasteiger charge is -2.08. The highest BCUT2D eigenvalue weighted by Crippen LogP contribution is 2.22. The van der Waals surface area contributed by atoms with E-state index in [1.165, 1.54) is 0 Å². The molecule has 0 saturated carbocycles. The molecule has 128 valence electrons. The normalized spacial score (nSPS) is 9.64. The second-order valence-corrected chi connectivity index (χ2v) is 5.97. The third-order valence-electron chi connectivity index (χ3n) is 3.21. The fraction of sp³-hybridized carbons (Fsp3) is 0.0526. The predicted octanol–water partition coefficient (Wildman–Crippen LogP) is 4.09. The summed E-state index contributed by atoms with van der Waals surface area (Å²) >= 11 is 3.32. The Hall–Kier alpha value is -2.86. The van der Waals surface area contributed by atoms with Gasteiger partial charge in [-0.25, -0.2) is 4.98 Å². The first-order valence-corrected chi connectivity index (χ1v) is 8.27. The number of carbonyl (C=O) groups excluding carboxylic acids is 1. The zero-order chi connectivity index (χ0) is 18.1. The van der Waals surface area contributed by atoms with Crippen molar-refractivity contribution in [3.63, 3.8) is 0 Å². The smallest absolute Gasteiger partial charge is 0.153 e. The topological polar surface area (TPSA) is 91.2 Å². The van der Waals surface area contributed by atoms with E-state index < -0.39 is 0 Å². The summed E-state index contributed by atoms with van der Waals surface area (Å²) in [6, 6.07) is 18.7. The van der Waals surface area contributed by atoms with Gasteiger partial charge in [-0.05, 0) is 35.9 Å². The van der Waals surface area contributed by atoms with Gasteiger partial charge in [-0.2, -0.15) is 0 Å². The number of hydrogen-bond donors (Lipinski definition) is 2. The number of rotatable bonds is 4. The summed E-state index contributed by atoms with van der Waals surface area (Å²) in [6.07, 6.45) is 2.40. The highest BCUT2D eigenvalue weighted by Gasteiger charge is 2.03. The molecule has 6 heteroatoms. The molecule has 0 radical (unpaired) electrons. The van der Waals surface area contributed by atoms with Crippen molar-refractivity contribution in [3.8, 4) is 5.75 Å². The van der Waals surface area contributed by atoms with Crippen molar-refractivity contribution in [2.75, 3.05) is 11.5 Å². The number of nitrogen functional groups attached to an aromatic ring is 2. The standard InChI is InChI=1S/C14H11BrO2.C5H7N3/c15-13-6-7-14(12(8-13)9-16)17-10-11-4-2-1-3-5-11;6-4-2-1-3-8-5(4)7/h1-9H,10H2;1-3H,6H2,(H2,7,8). The number of hydrogen-bond acceptors (Lipinski definition) is 5. The maximum Gasteiger partial charge on any atom is 0.153 e. The van der Waals surface area contributed by atoms with Crippen LogP contribution < -0.4 is 16.2 Å². The Morgan fingerprint density at radius 1 is 1.04 bits per heavy atom. The Labute approximate surface area is 154 Å². The lowest BCUT2D eigenvalue weighted by molar-refractivity contribution is 0.111. The highest BCUT2D eigenvalue weighted by atomic mass is 79.9. The van der Waals surface area contributed by atoms with Crippen LogP contribution in [0.2, 0.25) is 0 Å². The Morgan fingerprint density at radius 3 is 2.40 bits per heavy atom. The molecule has 0 aliphatic rings.